The summed E-state index contributed by atoms with van der Waals surface area (Å²) < 4.78 is 55.3. The van der Waals surface area contributed by atoms with Gasteiger partial charge < -0.3 is 29.4 Å². The molecule has 0 saturated carbocycles. The van der Waals surface area contributed by atoms with Gasteiger partial charge in [-0.3, -0.25) is 14.4 Å². The maximum atomic E-state index is 16.3. The number of nitrogen functional groups attached to an aromatic ring is 1. The summed E-state index contributed by atoms with van der Waals surface area (Å²) in [6.07, 6.45) is -3.00. The quantitative estimate of drug-likeness (QED) is 0.106. The predicted molar refractivity (Wildman–Crippen MR) is 148 cm³/mol. The topological polar surface area (TPSA) is 185 Å². The molecule has 0 unspecified atom stereocenters. The second-order valence-corrected chi connectivity index (χ2v) is 12.6. The number of carbonyl (C=O) groups excluding carboxylic acids is 1. The third kappa shape index (κ3) is 6.25. The number of anilines is 2. The molecule has 1 fully saturated rings. The molecule has 18 heteroatoms. The minimum Gasteiger partial charge on any atom is -0.465 e. The van der Waals surface area contributed by atoms with Crippen molar-refractivity contribution in [3.8, 4) is 5.75 Å². The summed E-state index contributed by atoms with van der Waals surface area (Å²) in [5, 5.41) is 14.7. The van der Waals surface area contributed by atoms with Crippen LogP contribution in [0.4, 0.5) is 20.5 Å². The van der Waals surface area contributed by atoms with Crippen molar-refractivity contribution >= 4 is 47.3 Å². The van der Waals surface area contributed by atoms with Crippen LogP contribution in [0.3, 0.4) is 0 Å². The van der Waals surface area contributed by atoms with Crippen LogP contribution < -0.4 is 26.2 Å². The first-order valence-corrected chi connectivity index (χ1v) is 15.0. The molecule has 6 N–H and O–H groups in total. The number of imidazole rings is 1. The number of nitrogens with two attached hydrogens (primary N) is 2. The largest absolute Gasteiger partial charge is 0.465 e. The Hall–Kier alpha value is -3.05. The maximum absolute atomic E-state index is 16.3. The number of aromatic nitrogens is 4. The molecule has 1 saturated heterocycles. The van der Waals surface area contributed by atoms with Crippen LogP contribution in [0.5, 0.6) is 5.75 Å². The minimum absolute atomic E-state index is 0.0153. The van der Waals surface area contributed by atoms with Crippen molar-refractivity contribution in [3.05, 3.63) is 36.7 Å². The lowest BCUT2D eigenvalue weighted by Gasteiger charge is -2.30. The first-order chi connectivity index (χ1) is 19.2. The normalized spacial score (nSPS) is 26.4. The van der Waals surface area contributed by atoms with E-state index in [0.717, 1.165) is 22.8 Å². The summed E-state index contributed by atoms with van der Waals surface area (Å²) in [4.78, 5) is 24.5. The average Bonchev–Trinajstić information content (AvgIpc) is 3.40. The molecule has 0 bridgehead atoms. The predicted octanol–water partition coefficient (Wildman–Crippen LogP) is 1.86. The second kappa shape index (κ2) is 11.7. The van der Waals surface area contributed by atoms with Crippen LogP contribution in [0.15, 0.2) is 36.7 Å². The zero-order valence-corrected chi connectivity index (χ0v) is 24.3. The van der Waals surface area contributed by atoms with Crippen molar-refractivity contribution in [3.63, 3.8) is 0 Å². The van der Waals surface area contributed by atoms with Crippen molar-refractivity contribution in [2.24, 2.45) is 5.84 Å². The van der Waals surface area contributed by atoms with Crippen LogP contribution in [-0.4, -0.2) is 74.5 Å². The number of aliphatic hydroxyl groups excluding tert-OH is 1. The number of hydrogen-bond acceptors (Lipinski definition) is 13. The molecule has 3 aromatic rings. The first kappa shape index (κ1) is 30.9. The Morgan fingerprint density at radius 2 is 2.05 bits per heavy atom. The number of benzene rings is 1. The van der Waals surface area contributed by atoms with Gasteiger partial charge >= 0.3 is 12.6 Å². The minimum atomic E-state index is -3.73. The molecule has 0 spiro atoms. The highest BCUT2D eigenvalue weighted by molar-refractivity contribution is 8.09. The van der Waals surface area contributed by atoms with E-state index >= 15 is 8.78 Å². The van der Waals surface area contributed by atoms with Gasteiger partial charge in [0.1, 0.15) is 18.4 Å². The van der Waals surface area contributed by atoms with E-state index < -0.39 is 49.1 Å². The zero-order chi connectivity index (χ0) is 30.2. The molecule has 0 aliphatic carbocycles. The lowest BCUT2D eigenvalue weighted by Crippen LogP contribution is -2.47. The van der Waals surface area contributed by atoms with E-state index in [1.165, 1.54) is 14.0 Å². The Morgan fingerprint density at radius 3 is 2.68 bits per heavy atom. The van der Waals surface area contributed by atoms with Crippen LogP contribution in [0.25, 0.3) is 11.2 Å². The van der Waals surface area contributed by atoms with Gasteiger partial charge in [-0.15, -0.1) is 0 Å². The number of esters is 1. The fraction of sp³-hybridized carbons (Fsp3) is 0.478. The molecular weight excluding hydrogens is 585 g/mol. The molecule has 1 aliphatic heterocycles. The Balaban J connectivity index is 1.63. The SMILES string of the molecule is CCOC(=O)[C@@H](C)N[P@](=S)(OC[C@@]1(F)O[C@@H](n2cnc3c(N(C)N)nc(N)nc32)[C@](C)(F)[C@@H]1O)Oc1ccccc1. The van der Waals surface area contributed by atoms with Crippen LogP contribution in [0.1, 0.15) is 27.0 Å². The fourth-order valence-corrected chi connectivity index (χ4v) is 6.53. The van der Waals surface area contributed by atoms with E-state index in [2.05, 4.69) is 20.0 Å². The number of ether oxygens (including phenoxy) is 2. The van der Waals surface area contributed by atoms with Gasteiger partial charge in [-0.2, -0.15) is 9.97 Å². The third-order valence-electron chi connectivity index (χ3n) is 6.13. The molecule has 1 aliphatic rings. The molecule has 224 valence electrons. The van der Waals surface area contributed by atoms with Crippen LogP contribution >= 0.6 is 6.64 Å². The number of rotatable bonds is 11. The summed E-state index contributed by atoms with van der Waals surface area (Å²) in [6, 6.07) is 7.22. The number of carbonyl (C=O) groups is 1. The van der Waals surface area contributed by atoms with Crippen molar-refractivity contribution in [1.82, 2.24) is 24.6 Å². The second-order valence-electron chi connectivity index (χ2n) is 9.43. The molecule has 0 radical (unpaired) electrons. The fourth-order valence-electron chi connectivity index (χ4n) is 4.14. The Bertz CT molecular complexity index is 1450. The maximum Gasteiger partial charge on any atom is 0.323 e. The van der Waals surface area contributed by atoms with Gasteiger partial charge in [-0.25, -0.2) is 24.7 Å². The monoisotopic (exact) mass is 616 g/mol. The van der Waals surface area contributed by atoms with E-state index in [0.29, 0.717) is 0 Å². The van der Waals surface area contributed by atoms with E-state index in [-0.39, 0.29) is 35.3 Å². The highest BCUT2D eigenvalue weighted by Gasteiger charge is 2.65. The zero-order valence-electron chi connectivity index (χ0n) is 22.6. The third-order valence-corrected chi connectivity index (χ3v) is 8.61. The van der Waals surface area contributed by atoms with Gasteiger partial charge in [0.15, 0.2) is 35.0 Å². The Kier molecular flexibility index (Phi) is 8.80. The summed E-state index contributed by atoms with van der Waals surface area (Å²) in [5.41, 5.74) is 3.18. The van der Waals surface area contributed by atoms with Gasteiger partial charge in [-0.1, -0.05) is 18.2 Å². The molecule has 41 heavy (non-hydrogen) atoms. The lowest BCUT2D eigenvalue weighted by atomic mass is 9.97. The number of hydrazine groups is 1. The number of alkyl halides is 2. The van der Waals surface area contributed by atoms with Crippen LogP contribution in [0.2, 0.25) is 0 Å². The molecule has 3 heterocycles. The number of nitrogens with zero attached hydrogens (tertiary/aromatic N) is 5. The smallest absolute Gasteiger partial charge is 0.323 e. The van der Waals surface area contributed by atoms with E-state index in [1.54, 1.807) is 37.3 Å². The number of hydrogen-bond donors (Lipinski definition) is 4. The highest BCUT2D eigenvalue weighted by Crippen LogP contribution is 2.52. The molecule has 14 nitrogen and oxygen atoms in total. The number of aliphatic hydroxyl groups is 1. The Morgan fingerprint density at radius 1 is 1.37 bits per heavy atom. The number of para-hydroxylation sites is 1. The molecule has 6 atom stereocenters. The van der Waals surface area contributed by atoms with E-state index in [4.69, 9.17) is 41.9 Å². The van der Waals surface area contributed by atoms with Gasteiger partial charge in [0, 0.05) is 7.05 Å². The standard InChI is InChI=1S/C23H31F2N8O6PS/c1-5-36-18(34)13(2)31-40(41,39-14-9-7-6-8-10-14)37-11-23(25)19(35)22(3,24)20(38-23)33-12-28-15-16(32(4)27)29-21(26)30-17(15)33/h6-10,12-13,19-20,35H,5,11,27H2,1-4H3,(H,31,41)(H2,26,29,30)/t13-,19+,20-,22-,23-,40+/m1/s1. The summed E-state index contributed by atoms with van der Waals surface area (Å²) in [7, 11) is 1.48. The van der Waals surface area contributed by atoms with Crippen LogP contribution in [0, 0.1) is 0 Å². The van der Waals surface area contributed by atoms with Crippen molar-refractivity contribution in [2.45, 2.75) is 50.7 Å². The van der Waals surface area contributed by atoms with E-state index in [1.807, 2.05) is 0 Å². The summed E-state index contributed by atoms with van der Waals surface area (Å²) >= 11 is 5.56. The molecule has 2 aromatic heterocycles. The van der Waals surface area contributed by atoms with Crippen molar-refractivity contribution in [1.29, 1.82) is 0 Å². The molecule has 0 amide bonds. The molecule has 1 aromatic carbocycles. The Labute approximate surface area is 239 Å². The summed E-state index contributed by atoms with van der Waals surface area (Å²) in [6.45, 7) is -0.644. The lowest BCUT2D eigenvalue weighted by molar-refractivity contribution is -0.202. The van der Waals surface area contributed by atoms with Gasteiger partial charge in [0.25, 0.3) is 5.85 Å². The van der Waals surface area contributed by atoms with Crippen molar-refractivity contribution < 1.29 is 37.2 Å². The number of halogens is 2. The average molecular weight is 617 g/mol. The van der Waals surface area contributed by atoms with Gasteiger partial charge in [0.2, 0.25) is 5.95 Å². The van der Waals surface area contributed by atoms with Gasteiger partial charge in [0.05, 0.1) is 12.9 Å². The molecule has 4 rings (SSSR count). The first-order valence-electron chi connectivity index (χ1n) is 12.4. The van der Waals surface area contributed by atoms with Crippen LogP contribution in [-0.2, 0) is 30.6 Å². The van der Waals surface area contributed by atoms with Crippen molar-refractivity contribution in [2.75, 3.05) is 31.0 Å². The number of fused-ring (bicyclic) bond motifs is 1. The number of nitrogens with one attached hydrogen (secondary N) is 1. The summed E-state index contributed by atoms with van der Waals surface area (Å²) in [5.74, 6) is 2.20. The van der Waals surface area contributed by atoms with Gasteiger partial charge in [-0.05, 0) is 44.7 Å². The van der Waals surface area contributed by atoms with E-state index in [9.17, 15) is 9.90 Å². The molecular formula is C23H31F2N8O6PS. The highest BCUT2D eigenvalue weighted by atomic mass is 32.5.